The van der Waals surface area contributed by atoms with Gasteiger partial charge in [0.2, 0.25) is 0 Å². The molecule has 5 nitrogen and oxygen atoms in total. The highest BCUT2D eigenvalue weighted by Crippen LogP contribution is 2.34. The molecule has 3 rings (SSSR count). The molecule has 1 heterocycles. The molecule has 2 amide bonds. The molecule has 0 saturated carbocycles. The lowest BCUT2D eigenvalue weighted by molar-refractivity contribution is 0.0601. The van der Waals surface area contributed by atoms with E-state index < -0.39 is 0 Å². The van der Waals surface area contributed by atoms with Crippen molar-refractivity contribution in [2.24, 2.45) is 0 Å². The highest BCUT2D eigenvalue weighted by Gasteiger charge is 2.32. The Morgan fingerprint density at radius 2 is 1.61 bits per heavy atom. The van der Waals surface area contributed by atoms with Crippen LogP contribution in [0.5, 0.6) is 0 Å². The number of imide groups is 1. The van der Waals surface area contributed by atoms with Crippen LogP contribution in [0.1, 0.15) is 72.6 Å². The lowest BCUT2D eigenvalue weighted by Gasteiger charge is -2.27. The highest BCUT2D eigenvalue weighted by molar-refractivity contribution is 6.26. The van der Waals surface area contributed by atoms with Gasteiger partial charge in [0.1, 0.15) is 0 Å². The molecular weight excluding hydrogens is 352 g/mol. The largest absolute Gasteiger partial charge is 0.396 e. The molecule has 2 aromatic rings. The number of hydrogen-bond acceptors (Lipinski definition) is 4. The molecule has 1 aliphatic rings. The first-order valence-corrected chi connectivity index (χ1v) is 10.5. The fraction of sp³-hybridized carbons (Fsp3) is 0.478. The summed E-state index contributed by atoms with van der Waals surface area (Å²) in [6.07, 6.45) is 7.85. The third-order valence-corrected chi connectivity index (χ3v) is 5.38. The maximum atomic E-state index is 12.8. The van der Waals surface area contributed by atoms with E-state index in [0.29, 0.717) is 17.5 Å². The molecule has 5 heteroatoms. The average molecular weight is 383 g/mol. The zero-order valence-corrected chi connectivity index (χ0v) is 16.7. The van der Waals surface area contributed by atoms with Crippen LogP contribution in [0, 0.1) is 0 Å². The van der Waals surface area contributed by atoms with Gasteiger partial charge in [-0.05, 0) is 31.0 Å². The van der Waals surface area contributed by atoms with Crippen LogP contribution in [0.2, 0.25) is 0 Å². The summed E-state index contributed by atoms with van der Waals surface area (Å²) in [6.45, 7) is 3.30. The molecule has 0 saturated heterocycles. The summed E-state index contributed by atoms with van der Waals surface area (Å²) < 4.78 is 0. The van der Waals surface area contributed by atoms with Crippen LogP contribution in [0.25, 0.3) is 10.8 Å². The third-order valence-electron chi connectivity index (χ3n) is 5.38. The first-order chi connectivity index (χ1) is 13.7. The van der Waals surface area contributed by atoms with E-state index in [4.69, 9.17) is 5.11 Å². The quantitative estimate of drug-likeness (QED) is 0.440. The fourth-order valence-electron chi connectivity index (χ4n) is 3.86. The Morgan fingerprint density at radius 1 is 0.893 bits per heavy atom. The lowest BCUT2D eigenvalue weighted by Crippen LogP contribution is -2.41. The maximum absolute atomic E-state index is 12.8. The van der Waals surface area contributed by atoms with Crippen molar-refractivity contribution in [2.45, 2.75) is 51.9 Å². The second-order valence-corrected chi connectivity index (χ2v) is 7.42. The van der Waals surface area contributed by atoms with Gasteiger partial charge in [0.15, 0.2) is 0 Å². The summed E-state index contributed by atoms with van der Waals surface area (Å²) >= 11 is 0. The Morgan fingerprint density at radius 3 is 2.36 bits per heavy atom. The number of nitrogens with one attached hydrogen (secondary N) is 1. The molecule has 2 aromatic carbocycles. The number of aliphatic hydroxyl groups is 1. The van der Waals surface area contributed by atoms with Gasteiger partial charge in [-0.15, -0.1) is 0 Å². The zero-order valence-electron chi connectivity index (χ0n) is 16.7. The number of unbranched alkanes of at least 4 members (excludes halogenated alkanes) is 5. The van der Waals surface area contributed by atoms with Crippen molar-refractivity contribution in [3.63, 3.8) is 0 Å². The SMILES string of the molecule is CCCCCCCCNc1ccc2c3c(cccc13)C(=O)N(CCCO)C2=O. The van der Waals surface area contributed by atoms with Gasteiger partial charge in [0.25, 0.3) is 11.8 Å². The highest BCUT2D eigenvalue weighted by atomic mass is 16.3. The molecule has 0 unspecified atom stereocenters. The minimum atomic E-state index is -0.273. The number of rotatable bonds is 11. The minimum absolute atomic E-state index is 0.0462. The molecular formula is C23H30N2O3. The van der Waals surface area contributed by atoms with E-state index in [9.17, 15) is 9.59 Å². The Hall–Kier alpha value is -2.40. The second kappa shape index (κ2) is 9.69. The summed E-state index contributed by atoms with van der Waals surface area (Å²) in [5.41, 5.74) is 2.10. The third kappa shape index (κ3) is 4.20. The predicted molar refractivity (Wildman–Crippen MR) is 113 cm³/mol. The first-order valence-electron chi connectivity index (χ1n) is 10.5. The molecule has 0 aromatic heterocycles. The smallest absolute Gasteiger partial charge is 0.261 e. The normalized spacial score (nSPS) is 13.4. The molecule has 150 valence electrons. The molecule has 2 N–H and O–H groups in total. The van der Waals surface area contributed by atoms with E-state index in [1.54, 1.807) is 6.07 Å². The van der Waals surface area contributed by atoms with Gasteiger partial charge in [0, 0.05) is 47.3 Å². The van der Waals surface area contributed by atoms with E-state index in [1.807, 2.05) is 24.3 Å². The van der Waals surface area contributed by atoms with Gasteiger partial charge in [-0.25, -0.2) is 0 Å². The second-order valence-electron chi connectivity index (χ2n) is 7.42. The molecule has 0 radical (unpaired) electrons. The Bertz CT molecular complexity index is 825. The first kappa shape index (κ1) is 20.3. The summed E-state index contributed by atoms with van der Waals surface area (Å²) in [4.78, 5) is 26.9. The monoisotopic (exact) mass is 382 g/mol. The summed E-state index contributed by atoms with van der Waals surface area (Å²) in [6, 6.07) is 9.38. The topological polar surface area (TPSA) is 69.6 Å². The van der Waals surface area contributed by atoms with E-state index in [-0.39, 0.29) is 25.0 Å². The van der Waals surface area contributed by atoms with E-state index in [0.717, 1.165) is 29.4 Å². The number of carbonyl (C=O) groups is 2. The van der Waals surface area contributed by atoms with Crippen molar-refractivity contribution < 1.29 is 14.7 Å². The van der Waals surface area contributed by atoms with Gasteiger partial charge < -0.3 is 10.4 Å². The molecule has 0 fully saturated rings. The predicted octanol–water partition coefficient (Wildman–Crippen LogP) is 4.59. The van der Waals surface area contributed by atoms with Crippen LogP contribution in [-0.2, 0) is 0 Å². The van der Waals surface area contributed by atoms with Gasteiger partial charge in [-0.3, -0.25) is 14.5 Å². The van der Waals surface area contributed by atoms with Gasteiger partial charge in [-0.2, -0.15) is 0 Å². The molecule has 0 atom stereocenters. The number of benzene rings is 2. The van der Waals surface area contributed by atoms with Crippen molar-refractivity contribution in [2.75, 3.05) is 25.0 Å². The summed E-state index contributed by atoms with van der Waals surface area (Å²) in [7, 11) is 0. The number of hydrogen-bond donors (Lipinski definition) is 2. The standard InChI is InChI=1S/C23H30N2O3/c1-2-3-4-5-6-7-14-24-20-13-12-19-21-17(20)10-8-11-18(21)22(27)25(23(19)28)15-9-16-26/h8,10-13,24,26H,2-7,9,14-16H2,1H3. The maximum Gasteiger partial charge on any atom is 0.261 e. The van der Waals surface area contributed by atoms with Gasteiger partial charge >= 0.3 is 0 Å². The van der Waals surface area contributed by atoms with Crippen LogP contribution < -0.4 is 5.32 Å². The number of carbonyl (C=O) groups excluding carboxylic acids is 2. The van der Waals surface area contributed by atoms with E-state index in [1.165, 1.54) is 37.0 Å². The van der Waals surface area contributed by atoms with Gasteiger partial charge in [0.05, 0.1) is 0 Å². The molecule has 1 aliphatic heterocycles. The summed E-state index contributed by atoms with van der Waals surface area (Å²) in [5, 5.41) is 14.2. The van der Waals surface area contributed by atoms with Crippen molar-refractivity contribution in [1.29, 1.82) is 0 Å². The van der Waals surface area contributed by atoms with Crippen LogP contribution in [0.15, 0.2) is 30.3 Å². The molecule has 0 spiro atoms. The molecule has 28 heavy (non-hydrogen) atoms. The Balaban J connectivity index is 1.77. The van der Waals surface area contributed by atoms with Crippen LogP contribution >= 0.6 is 0 Å². The van der Waals surface area contributed by atoms with Crippen molar-refractivity contribution in [3.05, 3.63) is 41.5 Å². The lowest BCUT2D eigenvalue weighted by atomic mass is 9.93. The van der Waals surface area contributed by atoms with E-state index >= 15 is 0 Å². The van der Waals surface area contributed by atoms with Crippen LogP contribution in [0.3, 0.4) is 0 Å². The number of amides is 2. The van der Waals surface area contributed by atoms with Crippen LogP contribution in [-0.4, -0.2) is 41.5 Å². The Kier molecular flexibility index (Phi) is 7.04. The number of aliphatic hydroxyl groups excluding tert-OH is 1. The average Bonchev–Trinajstić information content (AvgIpc) is 2.71. The van der Waals surface area contributed by atoms with Gasteiger partial charge in [-0.1, -0.05) is 51.2 Å². The van der Waals surface area contributed by atoms with Crippen molar-refractivity contribution >= 4 is 28.3 Å². The molecule has 0 bridgehead atoms. The molecule has 0 aliphatic carbocycles. The van der Waals surface area contributed by atoms with Crippen molar-refractivity contribution in [1.82, 2.24) is 4.90 Å². The zero-order chi connectivity index (χ0) is 19.9. The van der Waals surface area contributed by atoms with Crippen LogP contribution in [0.4, 0.5) is 5.69 Å². The Labute approximate surface area is 166 Å². The fourth-order valence-corrected chi connectivity index (χ4v) is 3.86. The number of nitrogens with zero attached hydrogens (tertiary/aromatic N) is 1. The summed E-state index contributed by atoms with van der Waals surface area (Å²) in [5.74, 6) is -0.547. The van der Waals surface area contributed by atoms with E-state index in [2.05, 4.69) is 12.2 Å². The number of anilines is 1. The van der Waals surface area contributed by atoms with Crippen molar-refractivity contribution in [3.8, 4) is 0 Å². The minimum Gasteiger partial charge on any atom is -0.396 e.